The van der Waals surface area contributed by atoms with Crippen LogP contribution in [0.1, 0.15) is 17.1 Å². The summed E-state index contributed by atoms with van der Waals surface area (Å²) in [7, 11) is 0. The third-order valence-corrected chi connectivity index (χ3v) is 3.11. The predicted octanol–water partition coefficient (Wildman–Crippen LogP) is 1.85. The molecule has 1 saturated heterocycles. The monoisotopic (exact) mass is 264 g/mol. The fourth-order valence-electron chi connectivity index (χ4n) is 2.23. The van der Waals surface area contributed by atoms with Gasteiger partial charge >= 0.3 is 0 Å². The Morgan fingerprint density at radius 1 is 1.26 bits per heavy atom. The smallest absolute Gasteiger partial charge is 0.272 e. The molecule has 0 saturated carbocycles. The molecule has 2 aromatic rings. The SMILES string of the molecule is FC1(F)CN(Cc2ncc(Cc3ccncc3)[nH]2)C1. The molecule has 0 spiro atoms. The molecule has 1 aliphatic rings. The van der Waals surface area contributed by atoms with Gasteiger partial charge in [0, 0.05) is 30.7 Å². The molecule has 100 valence electrons. The summed E-state index contributed by atoms with van der Waals surface area (Å²) in [6, 6.07) is 3.88. The van der Waals surface area contributed by atoms with E-state index in [2.05, 4.69) is 15.0 Å². The Labute approximate surface area is 109 Å². The first-order valence-corrected chi connectivity index (χ1v) is 6.13. The third-order valence-electron chi connectivity index (χ3n) is 3.11. The van der Waals surface area contributed by atoms with Crippen molar-refractivity contribution in [3.05, 3.63) is 47.8 Å². The number of H-pyrrole nitrogens is 1. The molecule has 0 atom stereocenters. The molecule has 6 heteroatoms. The molecule has 0 unspecified atom stereocenters. The average Bonchev–Trinajstić information content (AvgIpc) is 2.75. The second kappa shape index (κ2) is 4.70. The van der Waals surface area contributed by atoms with Crippen LogP contribution in [-0.2, 0) is 13.0 Å². The van der Waals surface area contributed by atoms with Crippen molar-refractivity contribution in [2.75, 3.05) is 13.1 Å². The van der Waals surface area contributed by atoms with E-state index in [0.29, 0.717) is 6.54 Å². The maximum absolute atomic E-state index is 12.7. The van der Waals surface area contributed by atoms with Crippen LogP contribution in [0.25, 0.3) is 0 Å². The molecule has 19 heavy (non-hydrogen) atoms. The van der Waals surface area contributed by atoms with Gasteiger partial charge in [0.1, 0.15) is 5.82 Å². The van der Waals surface area contributed by atoms with Crippen LogP contribution in [0.3, 0.4) is 0 Å². The number of rotatable bonds is 4. The molecule has 2 aromatic heterocycles. The lowest BCUT2D eigenvalue weighted by molar-refractivity contribution is -0.134. The van der Waals surface area contributed by atoms with Crippen molar-refractivity contribution < 1.29 is 8.78 Å². The number of aromatic nitrogens is 3. The topological polar surface area (TPSA) is 44.8 Å². The fourth-order valence-corrected chi connectivity index (χ4v) is 2.23. The highest BCUT2D eigenvalue weighted by atomic mass is 19.3. The Bertz CT molecular complexity index is 545. The van der Waals surface area contributed by atoms with Crippen molar-refractivity contribution in [3.63, 3.8) is 0 Å². The van der Waals surface area contributed by atoms with Crippen LogP contribution in [0.15, 0.2) is 30.7 Å². The molecule has 1 fully saturated rings. The normalized spacial score (nSPS) is 18.2. The molecule has 0 aromatic carbocycles. The average molecular weight is 264 g/mol. The van der Waals surface area contributed by atoms with Crippen molar-refractivity contribution >= 4 is 0 Å². The lowest BCUT2D eigenvalue weighted by atomic mass is 10.1. The third kappa shape index (κ3) is 2.96. The summed E-state index contributed by atoms with van der Waals surface area (Å²) in [5, 5.41) is 0. The summed E-state index contributed by atoms with van der Waals surface area (Å²) in [5.74, 6) is -1.79. The molecule has 0 aliphatic carbocycles. The standard InChI is InChI=1S/C13H14F2N4/c14-13(15)8-19(9-13)7-12-17-6-11(18-12)5-10-1-3-16-4-2-10/h1-4,6H,5,7-9H2,(H,17,18). The van der Waals surface area contributed by atoms with Crippen molar-refractivity contribution in [1.82, 2.24) is 19.9 Å². The van der Waals surface area contributed by atoms with Gasteiger partial charge in [-0.2, -0.15) is 0 Å². The van der Waals surface area contributed by atoms with Gasteiger partial charge in [-0.3, -0.25) is 9.88 Å². The molecule has 1 aliphatic heterocycles. The van der Waals surface area contributed by atoms with Crippen molar-refractivity contribution in [2.24, 2.45) is 0 Å². The van der Waals surface area contributed by atoms with Crippen molar-refractivity contribution in [1.29, 1.82) is 0 Å². The number of hydrogen-bond acceptors (Lipinski definition) is 3. The van der Waals surface area contributed by atoms with Gasteiger partial charge in [-0.25, -0.2) is 13.8 Å². The first-order chi connectivity index (χ1) is 9.11. The molecule has 0 amide bonds. The van der Waals surface area contributed by atoms with E-state index in [9.17, 15) is 8.78 Å². The molecule has 3 rings (SSSR count). The zero-order valence-electron chi connectivity index (χ0n) is 10.3. The number of aromatic amines is 1. The van der Waals surface area contributed by atoms with Gasteiger partial charge in [0.25, 0.3) is 5.92 Å². The summed E-state index contributed by atoms with van der Waals surface area (Å²) in [4.78, 5) is 13.0. The minimum atomic E-state index is -2.52. The van der Waals surface area contributed by atoms with Gasteiger partial charge in [0.2, 0.25) is 0 Å². The minimum Gasteiger partial charge on any atom is -0.345 e. The highest BCUT2D eigenvalue weighted by molar-refractivity contribution is 5.18. The van der Waals surface area contributed by atoms with Crippen LogP contribution in [0.5, 0.6) is 0 Å². The summed E-state index contributed by atoms with van der Waals surface area (Å²) in [6.07, 6.45) is 5.99. The maximum atomic E-state index is 12.7. The molecule has 0 radical (unpaired) electrons. The van der Waals surface area contributed by atoms with E-state index in [1.807, 2.05) is 12.1 Å². The highest BCUT2D eigenvalue weighted by Crippen LogP contribution is 2.27. The number of alkyl halides is 2. The minimum absolute atomic E-state index is 0.173. The number of imidazole rings is 1. The first kappa shape index (κ1) is 12.2. The molecule has 1 N–H and O–H groups in total. The number of halogens is 2. The summed E-state index contributed by atoms with van der Waals surface area (Å²) in [6.45, 7) is 0.104. The van der Waals surface area contributed by atoms with Crippen LogP contribution >= 0.6 is 0 Å². The van der Waals surface area contributed by atoms with Gasteiger partial charge in [0.15, 0.2) is 0 Å². The van der Waals surface area contributed by atoms with E-state index in [1.54, 1.807) is 23.5 Å². The summed E-state index contributed by atoms with van der Waals surface area (Å²) < 4.78 is 25.4. The first-order valence-electron chi connectivity index (χ1n) is 6.13. The maximum Gasteiger partial charge on any atom is 0.272 e. The van der Waals surface area contributed by atoms with Crippen LogP contribution in [0.2, 0.25) is 0 Å². The Kier molecular flexibility index (Phi) is 3.02. The molecular formula is C13H14F2N4. The van der Waals surface area contributed by atoms with Crippen LogP contribution in [-0.4, -0.2) is 38.9 Å². The second-order valence-corrected chi connectivity index (χ2v) is 4.89. The van der Waals surface area contributed by atoms with Gasteiger partial charge < -0.3 is 4.98 Å². The zero-order chi connectivity index (χ0) is 13.3. The Hall–Kier alpha value is -1.82. The van der Waals surface area contributed by atoms with Gasteiger partial charge in [0.05, 0.1) is 19.6 Å². The quantitative estimate of drug-likeness (QED) is 0.916. The zero-order valence-corrected chi connectivity index (χ0v) is 10.3. The predicted molar refractivity (Wildman–Crippen MR) is 65.9 cm³/mol. The summed E-state index contributed by atoms with van der Waals surface area (Å²) in [5.41, 5.74) is 2.12. The summed E-state index contributed by atoms with van der Waals surface area (Å²) >= 11 is 0. The molecule has 4 nitrogen and oxygen atoms in total. The number of likely N-dealkylation sites (tertiary alicyclic amines) is 1. The van der Waals surface area contributed by atoms with E-state index in [0.717, 1.165) is 23.5 Å². The van der Waals surface area contributed by atoms with Crippen molar-refractivity contribution in [2.45, 2.75) is 18.9 Å². The van der Waals surface area contributed by atoms with E-state index in [-0.39, 0.29) is 13.1 Å². The lowest BCUT2D eigenvalue weighted by Gasteiger charge is -2.37. The van der Waals surface area contributed by atoms with Crippen molar-refractivity contribution in [3.8, 4) is 0 Å². The highest BCUT2D eigenvalue weighted by Gasteiger charge is 2.43. The largest absolute Gasteiger partial charge is 0.345 e. The Morgan fingerprint density at radius 3 is 2.68 bits per heavy atom. The number of hydrogen-bond donors (Lipinski definition) is 1. The van der Waals surface area contributed by atoms with E-state index in [1.165, 1.54) is 0 Å². The molecular weight excluding hydrogens is 250 g/mol. The Morgan fingerprint density at radius 2 is 2.00 bits per heavy atom. The molecule has 3 heterocycles. The number of nitrogens with one attached hydrogen (secondary N) is 1. The van der Waals surface area contributed by atoms with E-state index in [4.69, 9.17) is 0 Å². The Balaban J connectivity index is 1.58. The van der Waals surface area contributed by atoms with Gasteiger partial charge in [-0.1, -0.05) is 0 Å². The number of nitrogens with zero attached hydrogens (tertiary/aromatic N) is 3. The lowest BCUT2D eigenvalue weighted by Crippen LogP contribution is -2.55. The number of pyridine rings is 1. The van der Waals surface area contributed by atoms with E-state index >= 15 is 0 Å². The van der Waals surface area contributed by atoms with Crippen LogP contribution < -0.4 is 0 Å². The molecule has 0 bridgehead atoms. The van der Waals surface area contributed by atoms with E-state index < -0.39 is 5.92 Å². The van der Waals surface area contributed by atoms with Crippen LogP contribution in [0, 0.1) is 0 Å². The fraction of sp³-hybridized carbons (Fsp3) is 0.385. The second-order valence-electron chi connectivity index (χ2n) is 4.89. The van der Waals surface area contributed by atoms with Gasteiger partial charge in [-0.15, -0.1) is 0 Å². The van der Waals surface area contributed by atoms with Crippen LogP contribution in [0.4, 0.5) is 8.78 Å². The van der Waals surface area contributed by atoms with Gasteiger partial charge in [-0.05, 0) is 17.7 Å².